The average Bonchev–Trinajstić information content (AvgIpc) is 3.17. The highest BCUT2D eigenvalue weighted by atomic mass is 16.5. The number of morpholine rings is 1. The Balaban J connectivity index is 1.59. The summed E-state index contributed by atoms with van der Waals surface area (Å²) in [6.07, 6.45) is 5.60. The predicted molar refractivity (Wildman–Crippen MR) is 73.9 cm³/mol. The largest absolute Gasteiger partial charge is 0.468 e. The molecule has 0 bridgehead atoms. The molecule has 2 aliphatic rings. The number of nitrogens with one attached hydrogen (secondary N) is 1. The molecule has 1 saturated heterocycles. The smallest absolute Gasteiger partial charge is 0.122 e. The number of hydrogen-bond donors (Lipinski definition) is 1. The van der Waals surface area contributed by atoms with Crippen molar-refractivity contribution in [3.8, 4) is 0 Å². The van der Waals surface area contributed by atoms with Crippen molar-refractivity contribution in [3.63, 3.8) is 0 Å². The van der Waals surface area contributed by atoms with Crippen molar-refractivity contribution in [1.82, 2.24) is 10.2 Å². The Hall–Kier alpha value is -0.840. The quantitative estimate of drug-likeness (QED) is 0.854. The molecule has 1 aliphatic carbocycles. The van der Waals surface area contributed by atoms with Crippen LogP contribution >= 0.6 is 0 Å². The molecule has 1 atom stereocenters. The Bertz CT molecular complexity index is 401. The molecule has 0 spiro atoms. The van der Waals surface area contributed by atoms with Gasteiger partial charge in [-0.05, 0) is 25.3 Å². The average molecular weight is 264 g/mol. The molecule has 1 aromatic rings. The topological polar surface area (TPSA) is 37.6 Å². The number of furan rings is 1. The van der Waals surface area contributed by atoms with Crippen molar-refractivity contribution in [2.75, 3.05) is 19.8 Å². The molecule has 0 amide bonds. The second-order valence-electron chi connectivity index (χ2n) is 5.63. The highest BCUT2D eigenvalue weighted by Crippen LogP contribution is 2.22. The zero-order valence-corrected chi connectivity index (χ0v) is 11.7. The minimum atomic E-state index is 0.549. The van der Waals surface area contributed by atoms with Crippen LogP contribution < -0.4 is 5.32 Å². The normalized spacial score (nSPS) is 24.8. The molecule has 1 aromatic heterocycles. The van der Waals surface area contributed by atoms with Crippen molar-refractivity contribution in [3.05, 3.63) is 23.7 Å². The van der Waals surface area contributed by atoms with Crippen LogP contribution in [0.3, 0.4) is 0 Å². The van der Waals surface area contributed by atoms with Gasteiger partial charge in [0.1, 0.15) is 5.76 Å². The van der Waals surface area contributed by atoms with Crippen molar-refractivity contribution in [1.29, 1.82) is 0 Å². The molecule has 106 valence electrons. The Kier molecular flexibility index (Phi) is 4.21. The summed E-state index contributed by atoms with van der Waals surface area (Å²) in [5, 5.41) is 3.52. The van der Waals surface area contributed by atoms with E-state index in [9.17, 15) is 0 Å². The SMILES string of the molecule is CCC1COCCN1Cc1ccoc1CNC1CC1. The maximum absolute atomic E-state index is 5.63. The fourth-order valence-corrected chi connectivity index (χ4v) is 2.68. The molecular weight excluding hydrogens is 240 g/mol. The van der Waals surface area contributed by atoms with Gasteiger partial charge in [0.05, 0.1) is 26.0 Å². The second kappa shape index (κ2) is 6.07. The molecule has 0 aromatic carbocycles. The van der Waals surface area contributed by atoms with Crippen molar-refractivity contribution >= 4 is 0 Å². The Morgan fingerprint density at radius 2 is 2.32 bits per heavy atom. The third-order valence-corrected chi connectivity index (χ3v) is 4.16. The van der Waals surface area contributed by atoms with E-state index in [1.54, 1.807) is 0 Å². The Labute approximate surface area is 115 Å². The van der Waals surface area contributed by atoms with Crippen molar-refractivity contribution in [2.24, 2.45) is 0 Å². The van der Waals surface area contributed by atoms with E-state index in [4.69, 9.17) is 9.15 Å². The third-order valence-electron chi connectivity index (χ3n) is 4.16. The molecule has 0 radical (unpaired) electrons. The Morgan fingerprint density at radius 1 is 1.42 bits per heavy atom. The van der Waals surface area contributed by atoms with Crippen LogP contribution in [0.4, 0.5) is 0 Å². The first kappa shape index (κ1) is 13.2. The lowest BCUT2D eigenvalue weighted by Gasteiger charge is -2.34. The first-order valence-electron chi connectivity index (χ1n) is 7.47. The molecule has 1 N–H and O–H groups in total. The second-order valence-corrected chi connectivity index (χ2v) is 5.63. The van der Waals surface area contributed by atoms with E-state index < -0.39 is 0 Å². The van der Waals surface area contributed by atoms with E-state index in [1.165, 1.54) is 18.4 Å². The van der Waals surface area contributed by atoms with Gasteiger partial charge in [0.25, 0.3) is 0 Å². The summed E-state index contributed by atoms with van der Waals surface area (Å²) in [7, 11) is 0. The lowest BCUT2D eigenvalue weighted by molar-refractivity contribution is -0.0129. The van der Waals surface area contributed by atoms with Gasteiger partial charge in [-0.15, -0.1) is 0 Å². The van der Waals surface area contributed by atoms with Crippen molar-refractivity contribution < 1.29 is 9.15 Å². The first-order chi connectivity index (χ1) is 9.36. The van der Waals surface area contributed by atoms with E-state index in [0.717, 1.165) is 51.1 Å². The summed E-state index contributed by atoms with van der Waals surface area (Å²) in [4.78, 5) is 2.52. The fourth-order valence-electron chi connectivity index (χ4n) is 2.68. The summed E-state index contributed by atoms with van der Waals surface area (Å²) in [6, 6.07) is 3.39. The third kappa shape index (κ3) is 3.38. The van der Waals surface area contributed by atoms with Crippen molar-refractivity contribution in [2.45, 2.75) is 51.4 Å². The van der Waals surface area contributed by atoms with Gasteiger partial charge in [-0.25, -0.2) is 0 Å². The van der Waals surface area contributed by atoms with Gasteiger partial charge in [-0.3, -0.25) is 4.90 Å². The van der Waals surface area contributed by atoms with Gasteiger partial charge < -0.3 is 14.5 Å². The lowest BCUT2D eigenvalue weighted by Crippen LogP contribution is -2.44. The summed E-state index contributed by atoms with van der Waals surface area (Å²) in [5.74, 6) is 1.10. The first-order valence-corrected chi connectivity index (χ1v) is 7.47. The summed E-state index contributed by atoms with van der Waals surface area (Å²) in [5.41, 5.74) is 1.33. The molecule has 1 aliphatic heterocycles. The van der Waals surface area contributed by atoms with Crippen LogP contribution in [0.25, 0.3) is 0 Å². The summed E-state index contributed by atoms with van der Waals surface area (Å²) >= 11 is 0. The summed E-state index contributed by atoms with van der Waals surface area (Å²) in [6.45, 7) is 6.83. The minimum absolute atomic E-state index is 0.549. The van der Waals surface area contributed by atoms with Crippen LogP contribution in [0.15, 0.2) is 16.7 Å². The summed E-state index contributed by atoms with van der Waals surface area (Å²) < 4.78 is 11.2. The minimum Gasteiger partial charge on any atom is -0.468 e. The van der Waals surface area contributed by atoms with Gasteiger partial charge in [0.15, 0.2) is 0 Å². The van der Waals surface area contributed by atoms with Crippen LogP contribution in [-0.4, -0.2) is 36.7 Å². The van der Waals surface area contributed by atoms with Gasteiger partial charge in [-0.2, -0.15) is 0 Å². The Morgan fingerprint density at radius 3 is 3.11 bits per heavy atom. The molecule has 2 fully saturated rings. The van der Waals surface area contributed by atoms with Gasteiger partial charge in [0, 0.05) is 30.7 Å². The highest BCUT2D eigenvalue weighted by Gasteiger charge is 2.24. The zero-order valence-electron chi connectivity index (χ0n) is 11.7. The molecule has 19 heavy (non-hydrogen) atoms. The van der Waals surface area contributed by atoms with E-state index in [0.29, 0.717) is 6.04 Å². The molecule has 2 heterocycles. The van der Waals surface area contributed by atoms with Gasteiger partial charge in [-0.1, -0.05) is 6.92 Å². The maximum atomic E-state index is 5.63. The highest BCUT2D eigenvalue weighted by molar-refractivity contribution is 5.17. The number of rotatable bonds is 6. The molecule has 4 heteroatoms. The maximum Gasteiger partial charge on any atom is 0.122 e. The van der Waals surface area contributed by atoms with Crippen LogP contribution in [-0.2, 0) is 17.8 Å². The molecule has 1 unspecified atom stereocenters. The van der Waals surface area contributed by atoms with Crippen LogP contribution in [0.2, 0.25) is 0 Å². The fraction of sp³-hybridized carbons (Fsp3) is 0.733. The molecular formula is C15H24N2O2. The molecule has 3 rings (SSSR count). The number of ether oxygens (including phenoxy) is 1. The standard InChI is InChI=1S/C15H24N2O2/c1-2-14-11-18-8-6-17(14)10-12-5-7-19-15(12)9-16-13-3-4-13/h5,7,13-14,16H,2-4,6,8-11H2,1H3. The molecule has 4 nitrogen and oxygen atoms in total. The number of nitrogens with zero attached hydrogens (tertiary/aromatic N) is 1. The monoisotopic (exact) mass is 264 g/mol. The lowest BCUT2D eigenvalue weighted by atomic mass is 10.1. The predicted octanol–water partition coefficient (Wildman–Crippen LogP) is 2.14. The van der Waals surface area contributed by atoms with E-state index in [-0.39, 0.29) is 0 Å². The van der Waals surface area contributed by atoms with Gasteiger partial charge in [0.2, 0.25) is 0 Å². The van der Waals surface area contributed by atoms with E-state index in [1.807, 2.05) is 6.26 Å². The zero-order chi connectivity index (χ0) is 13.1. The molecule has 1 saturated carbocycles. The van der Waals surface area contributed by atoms with Crippen LogP contribution in [0.1, 0.15) is 37.5 Å². The van der Waals surface area contributed by atoms with Crippen LogP contribution in [0.5, 0.6) is 0 Å². The number of hydrogen-bond acceptors (Lipinski definition) is 4. The van der Waals surface area contributed by atoms with E-state index in [2.05, 4.69) is 23.2 Å². The van der Waals surface area contributed by atoms with Crippen LogP contribution in [0, 0.1) is 0 Å². The van der Waals surface area contributed by atoms with Gasteiger partial charge >= 0.3 is 0 Å². The van der Waals surface area contributed by atoms with E-state index >= 15 is 0 Å².